The Morgan fingerprint density at radius 1 is 1.43 bits per heavy atom. The molecule has 8 nitrogen and oxygen atoms in total. The van der Waals surface area contributed by atoms with Gasteiger partial charge in [0.25, 0.3) is 10.2 Å². The molecule has 0 radical (unpaired) electrons. The van der Waals surface area contributed by atoms with E-state index < -0.39 is 15.8 Å². The van der Waals surface area contributed by atoms with E-state index in [9.17, 15) is 13.5 Å². The lowest BCUT2D eigenvalue weighted by atomic mass is 9.95. The van der Waals surface area contributed by atoms with E-state index in [0.29, 0.717) is 31.8 Å². The summed E-state index contributed by atoms with van der Waals surface area (Å²) in [5, 5.41) is 10.7. The summed E-state index contributed by atoms with van der Waals surface area (Å²) in [5.74, 6) is 0.643. The Balaban J connectivity index is 1.89. The zero-order valence-corrected chi connectivity index (χ0v) is 14.8. The van der Waals surface area contributed by atoms with Crippen molar-refractivity contribution in [3.63, 3.8) is 0 Å². The molecule has 132 valence electrons. The van der Waals surface area contributed by atoms with Gasteiger partial charge in [0.15, 0.2) is 5.89 Å². The molecule has 0 saturated carbocycles. The van der Waals surface area contributed by atoms with E-state index in [0.717, 1.165) is 23.0 Å². The second kappa shape index (κ2) is 7.27. The summed E-state index contributed by atoms with van der Waals surface area (Å²) in [4.78, 5) is 6.50. The van der Waals surface area contributed by atoms with Gasteiger partial charge in [-0.1, -0.05) is 0 Å². The van der Waals surface area contributed by atoms with Crippen LogP contribution in [0.25, 0.3) is 0 Å². The average molecular weight is 346 g/mol. The van der Waals surface area contributed by atoms with E-state index in [2.05, 4.69) is 14.6 Å². The van der Waals surface area contributed by atoms with Gasteiger partial charge in [-0.05, 0) is 25.8 Å². The number of nitrogens with one attached hydrogen (secondary N) is 1. The lowest BCUT2D eigenvalue weighted by Crippen LogP contribution is -2.46. The summed E-state index contributed by atoms with van der Waals surface area (Å²) in [6, 6.07) is 0. The minimum Gasteiger partial charge on any atom is -0.449 e. The number of oxazole rings is 1. The van der Waals surface area contributed by atoms with E-state index in [-0.39, 0.29) is 6.54 Å². The molecule has 2 heterocycles. The van der Waals surface area contributed by atoms with Crippen molar-refractivity contribution in [1.82, 2.24) is 18.9 Å². The first-order chi connectivity index (χ1) is 10.7. The Kier molecular flexibility index (Phi) is 5.79. The van der Waals surface area contributed by atoms with Gasteiger partial charge in [0.1, 0.15) is 6.26 Å². The van der Waals surface area contributed by atoms with Crippen molar-refractivity contribution < 1.29 is 17.9 Å². The lowest BCUT2D eigenvalue weighted by molar-refractivity contribution is 0.0302. The monoisotopic (exact) mass is 346 g/mol. The molecule has 1 aromatic heterocycles. The maximum absolute atomic E-state index is 11.8. The molecular weight excluding hydrogens is 320 g/mol. The van der Waals surface area contributed by atoms with Gasteiger partial charge >= 0.3 is 0 Å². The standard InChI is InChI=1S/C14H26N4O4S/c1-12-16-13(10-22-12)9-18-7-4-5-14(19,6-8-18)11-15-23(20,21)17(2)3/h10,15,19H,4-9,11H2,1-3H3/t14-/m0/s1. The van der Waals surface area contributed by atoms with Crippen molar-refractivity contribution in [1.29, 1.82) is 0 Å². The van der Waals surface area contributed by atoms with Gasteiger partial charge in [-0.3, -0.25) is 4.90 Å². The summed E-state index contributed by atoms with van der Waals surface area (Å²) in [6.07, 6.45) is 3.53. The molecule has 9 heteroatoms. The van der Waals surface area contributed by atoms with Crippen molar-refractivity contribution in [2.45, 2.75) is 38.3 Å². The van der Waals surface area contributed by atoms with Crippen LogP contribution in [0.5, 0.6) is 0 Å². The number of rotatable bonds is 6. The minimum atomic E-state index is -3.52. The van der Waals surface area contributed by atoms with E-state index in [1.807, 2.05) is 6.92 Å². The van der Waals surface area contributed by atoms with Crippen LogP contribution in [0.4, 0.5) is 0 Å². The van der Waals surface area contributed by atoms with Crippen molar-refractivity contribution in [3.8, 4) is 0 Å². The number of likely N-dealkylation sites (tertiary alicyclic amines) is 1. The normalized spacial score (nSPS) is 24.0. The lowest BCUT2D eigenvalue weighted by Gasteiger charge is -2.27. The molecular formula is C14H26N4O4S. The topological polar surface area (TPSA) is 98.9 Å². The predicted molar refractivity (Wildman–Crippen MR) is 85.9 cm³/mol. The van der Waals surface area contributed by atoms with Gasteiger partial charge in [-0.15, -0.1) is 0 Å². The Morgan fingerprint density at radius 2 is 2.17 bits per heavy atom. The molecule has 1 atom stereocenters. The average Bonchev–Trinajstić information content (AvgIpc) is 2.78. The highest BCUT2D eigenvalue weighted by Gasteiger charge is 2.32. The first-order valence-corrected chi connectivity index (χ1v) is 9.17. The number of aryl methyl sites for hydroxylation is 1. The molecule has 0 aliphatic carbocycles. The number of nitrogens with zero attached hydrogens (tertiary/aromatic N) is 3. The number of hydrogen-bond acceptors (Lipinski definition) is 6. The largest absolute Gasteiger partial charge is 0.449 e. The minimum absolute atomic E-state index is 0.0322. The predicted octanol–water partition coefficient (Wildman–Crippen LogP) is 0.0960. The van der Waals surface area contributed by atoms with E-state index in [1.165, 1.54) is 14.1 Å². The number of aromatic nitrogens is 1. The summed E-state index contributed by atoms with van der Waals surface area (Å²) in [5.41, 5.74) is -0.140. The van der Waals surface area contributed by atoms with Gasteiger partial charge in [0, 0.05) is 40.7 Å². The van der Waals surface area contributed by atoms with Gasteiger partial charge in [-0.25, -0.2) is 4.98 Å². The second-order valence-electron chi connectivity index (χ2n) is 6.32. The zero-order valence-electron chi connectivity index (χ0n) is 13.9. The third kappa shape index (κ3) is 5.25. The van der Waals surface area contributed by atoms with Crippen LogP contribution in [0.1, 0.15) is 30.8 Å². The van der Waals surface area contributed by atoms with Gasteiger partial charge in [0.2, 0.25) is 0 Å². The van der Waals surface area contributed by atoms with Gasteiger partial charge in [-0.2, -0.15) is 17.4 Å². The summed E-state index contributed by atoms with van der Waals surface area (Å²) in [7, 11) is -0.601. The fourth-order valence-corrected chi connectivity index (χ4v) is 3.34. The third-order valence-corrected chi connectivity index (χ3v) is 5.60. The van der Waals surface area contributed by atoms with Crippen LogP contribution in [0, 0.1) is 6.92 Å². The molecule has 1 aromatic rings. The summed E-state index contributed by atoms with van der Waals surface area (Å²) < 4.78 is 32.3. The first kappa shape index (κ1) is 18.3. The molecule has 1 saturated heterocycles. The second-order valence-corrected chi connectivity index (χ2v) is 8.29. The molecule has 2 rings (SSSR count). The van der Waals surface area contributed by atoms with Gasteiger partial charge < -0.3 is 9.52 Å². The van der Waals surface area contributed by atoms with Crippen LogP contribution in [0.3, 0.4) is 0 Å². The van der Waals surface area contributed by atoms with Crippen LogP contribution in [-0.2, 0) is 16.8 Å². The van der Waals surface area contributed by atoms with Crippen LogP contribution >= 0.6 is 0 Å². The Bertz CT molecular complexity index is 616. The fourth-order valence-electron chi connectivity index (χ4n) is 2.63. The van der Waals surface area contributed by atoms with E-state index in [4.69, 9.17) is 4.42 Å². The van der Waals surface area contributed by atoms with E-state index in [1.54, 1.807) is 6.26 Å². The molecule has 23 heavy (non-hydrogen) atoms. The van der Waals surface area contributed by atoms with Gasteiger partial charge in [0.05, 0.1) is 11.3 Å². The molecule has 2 N–H and O–H groups in total. The van der Waals surface area contributed by atoms with Crippen LogP contribution < -0.4 is 4.72 Å². The Morgan fingerprint density at radius 3 is 2.78 bits per heavy atom. The van der Waals surface area contributed by atoms with Crippen molar-refractivity contribution >= 4 is 10.2 Å². The van der Waals surface area contributed by atoms with Crippen molar-refractivity contribution in [2.75, 3.05) is 33.7 Å². The molecule has 0 bridgehead atoms. The molecule has 0 unspecified atom stereocenters. The zero-order chi connectivity index (χ0) is 17.1. The number of aliphatic hydroxyl groups is 1. The molecule has 0 amide bonds. The van der Waals surface area contributed by atoms with Crippen LogP contribution in [-0.4, -0.2) is 67.0 Å². The molecule has 1 aliphatic rings. The van der Waals surface area contributed by atoms with E-state index >= 15 is 0 Å². The molecule has 1 fully saturated rings. The highest BCUT2D eigenvalue weighted by atomic mass is 32.2. The maximum Gasteiger partial charge on any atom is 0.279 e. The van der Waals surface area contributed by atoms with Crippen molar-refractivity contribution in [2.24, 2.45) is 0 Å². The van der Waals surface area contributed by atoms with Crippen molar-refractivity contribution in [3.05, 3.63) is 17.8 Å². The third-order valence-electron chi connectivity index (χ3n) is 4.13. The summed E-state index contributed by atoms with van der Waals surface area (Å²) >= 11 is 0. The first-order valence-electron chi connectivity index (χ1n) is 7.73. The molecule has 0 spiro atoms. The highest BCUT2D eigenvalue weighted by Crippen LogP contribution is 2.23. The maximum atomic E-state index is 11.8. The SMILES string of the molecule is Cc1nc(CN2CCC[C@@](O)(CNS(=O)(=O)N(C)C)CC2)co1. The fraction of sp³-hybridized carbons (Fsp3) is 0.786. The quantitative estimate of drug-likeness (QED) is 0.758. The summed E-state index contributed by atoms with van der Waals surface area (Å²) in [6.45, 7) is 4.05. The molecule has 1 aliphatic heterocycles. The van der Waals surface area contributed by atoms with Crippen LogP contribution in [0.15, 0.2) is 10.7 Å². The number of hydrogen-bond donors (Lipinski definition) is 2. The highest BCUT2D eigenvalue weighted by molar-refractivity contribution is 7.87. The Labute approximate surface area is 137 Å². The Hall–Kier alpha value is -1.00. The smallest absolute Gasteiger partial charge is 0.279 e. The van der Waals surface area contributed by atoms with Crippen LogP contribution in [0.2, 0.25) is 0 Å². The molecule has 0 aromatic carbocycles.